The van der Waals surface area contributed by atoms with Gasteiger partial charge in [-0.2, -0.15) is 0 Å². The Kier molecular flexibility index (Phi) is 7.95. The summed E-state index contributed by atoms with van der Waals surface area (Å²) in [5.74, 6) is 2.04. The average molecular weight is 345 g/mol. The highest BCUT2D eigenvalue weighted by molar-refractivity contribution is 5.85. The maximum atomic E-state index is 6.16. The van der Waals surface area contributed by atoms with E-state index in [2.05, 4.69) is 11.8 Å². The second-order valence-corrected chi connectivity index (χ2v) is 5.93. The van der Waals surface area contributed by atoms with Crippen molar-refractivity contribution in [2.24, 2.45) is 5.73 Å². The van der Waals surface area contributed by atoms with Gasteiger partial charge in [-0.3, -0.25) is 4.90 Å². The molecule has 0 amide bonds. The van der Waals surface area contributed by atoms with Crippen LogP contribution in [0.3, 0.4) is 0 Å². The van der Waals surface area contributed by atoms with E-state index in [1.807, 2.05) is 12.1 Å². The minimum atomic E-state index is 0. The molecular formula is C17H29ClN2O3. The lowest BCUT2D eigenvalue weighted by Gasteiger charge is -2.38. The second-order valence-electron chi connectivity index (χ2n) is 5.93. The SMILES string of the molecule is COc1cc(CN2CCCCC2C(C)N)cc(OC)c1OC.Cl. The van der Waals surface area contributed by atoms with E-state index in [1.54, 1.807) is 21.3 Å². The molecule has 2 atom stereocenters. The molecule has 132 valence electrons. The number of nitrogens with zero attached hydrogens (tertiary/aromatic N) is 1. The fourth-order valence-corrected chi connectivity index (χ4v) is 3.27. The average Bonchev–Trinajstić information content (AvgIpc) is 2.54. The van der Waals surface area contributed by atoms with Gasteiger partial charge in [-0.05, 0) is 44.0 Å². The van der Waals surface area contributed by atoms with Gasteiger partial charge in [0.15, 0.2) is 11.5 Å². The van der Waals surface area contributed by atoms with Crippen LogP contribution in [0, 0.1) is 0 Å². The van der Waals surface area contributed by atoms with E-state index in [4.69, 9.17) is 19.9 Å². The molecule has 0 radical (unpaired) electrons. The van der Waals surface area contributed by atoms with Gasteiger partial charge < -0.3 is 19.9 Å². The molecular weight excluding hydrogens is 316 g/mol. The van der Waals surface area contributed by atoms with E-state index in [1.165, 1.54) is 19.3 Å². The van der Waals surface area contributed by atoms with E-state index >= 15 is 0 Å². The fourth-order valence-electron chi connectivity index (χ4n) is 3.27. The molecule has 1 aromatic carbocycles. The van der Waals surface area contributed by atoms with Crippen LogP contribution < -0.4 is 19.9 Å². The summed E-state index contributed by atoms with van der Waals surface area (Å²) < 4.78 is 16.2. The van der Waals surface area contributed by atoms with Gasteiger partial charge >= 0.3 is 0 Å². The van der Waals surface area contributed by atoms with E-state index < -0.39 is 0 Å². The Morgan fingerprint density at radius 2 is 1.74 bits per heavy atom. The maximum absolute atomic E-state index is 6.16. The molecule has 1 fully saturated rings. The van der Waals surface area contributed by atoms with Gasteiger partial charge in [-0.1, -0.05) is 6.42 Å². The molecule has 0 spiro atoms. The largest absolute Gasteiger partial charge is 0.493 e. The molecule has 6 heteroatoms. The first-order chi connectivity index (χ1) is 10.6. The monoisotopic (exact) mass is 344 g/mol. The van der Waals surface area contributed by atoms with Crippen LogP contribution in [0.25, 0.3) is 0 Å². The molecule has 2 N–H and O–H groups in total. The second kappa shape index (κ2) is 9.21. The Balaban J connectivity index is 0.00000264. The number of hydrogen-bond acceptors (Lipinski definition) is 5. The van der Waals surface area contributed by atoms with Crippen LogP contribution in [-0.2, 0) is 6.54 Å². The number of piperidine rings is 1. The number of halogens is 1. The molecule has 1 aliphatic heterocycles. The molecule has 0 aromatic heterocycles. The molecule has 1 aromatic rings. The molecule has 2 unspecified atom stereocenters. The number of nitrogens with two attached hydrogens (primary N) is 1. The molecule has 23 heavy (non-hydrogen) atoms. The van der Waals surface area contributed by atoms with Crippen molar-refractivity contribution >= 4 is 12.4 Å². The van der Waals surface area contributed by atoms with Gasteiger partial charge in [0.2, 0.25) is 5.75 Å². The number of rotatable bonds is 6. The zero-order valence-corrected chi connectivity index (χ0v) is 15.3. The van der Waals surface area contributed by atoms with Crippen LogP contribution >= 0.6 is 12.4 Å². The molecule has 1 heterocycles. The smallest absolute Gasteiger partial charge is 0.203 e. The summed E-state index contributed by atoms with van der Waals surface area (Å²) in [5.41, 5.74) is 7.31. The molecule has 0 saturated carbocycles. The summed E-state index contributed by atoms with van der Waals surface area (Å²) >= 11 is 0. The number of methoxy groups -OCH3 is 3. The number of likely N-dealkylation sites (tertiary alicyclic amines) is 1. The number of hydrogen-bond donors (Lipinski definition) is 1. The summed E-state index contributed by atoms with van der Waals surface area (Å²) in [4.78, 5) is 2.47. The first-order valence-corrected chi connectivity index (χ1v) is 7.89. The lowest BCUT2D eigenvalue weighted by atomic mass is 9.96. The fraction of sp³-hybridized carbons (Fsp3) is 0.647. The maximum Gasteiger partial charge on any atom is 0.203 e. The van der Waals surface area contributed by atoms with Crippen LogP contribution in [0.2, 0.25) is 0 Å². The quantitative estimate of drug-likeness (QED) is 0.860. The lowest BCUT2D eigenvalue weighted by molar-refractivity contribution is 0.123. The van der Waals surface area contributed by atoms with Crippen molar-refractivity contribution in [3.8, 4) is 17.2 Å². The van der Waals surface area contributed by atoms with Crippen LogP contribution in [0.1, 0.15) is 31.7 Å². The minimum Gasteiger partial charge on any atom is -0.493 e. The zero-order valence-electron chi connectivity index (χ0n) is 14.5. The van der Waals surface area contributed by atoms with Crippen molar-refractivity contribution in [2.75, 3.05) is 27.9 Å². The van der Waals surface area contributed by atoms with Crippen molar-refractivity contribution in [1.29, 1.82) is 0 Å². The molecule has 5 nitrogen and oxygen atoms in total. The summed E-state index contributed by atoms with van der Waals surface area (Å²) in [5, 5.41) is 0. The van der Waals surface area contributed by atoms with Crippen LogP contribution in [0.15, 0.2) is 12.1 Å². The summed E-state index contributed by atoms with van der Waals surface area (Å²) in [7, 11) is 4.91. The van der Waals surface area contributed by atoms with Crippen molar-refractivity contribution in [2.45, 2.75) is 44.8 Å². The normalized spacial score (nSPS) is 19.6. The highest BCUT2D eigenvalue weighted by Gasteiger charge is 2.26. The van der Waals surface area contributed by atoms with Gasteiger partial charge in [0.1, 0.15) is 0 Å². The van der Waals surface area contributed by atoms with E-state index in [0.717, 1.165) is 18.7 Å². The Morgan fingerprint density at radius 1 is 1.13 bits per heavy atom. The highest BCUT2D eigenvalue weighted by Crippen LogP contribution is 2.38. The zero-order chi connectivity index (χ0) is 16.1. The molecule has 1 aliphatic rings. The van der Waals surface area contributed by atoms with Gasteiger partial charge in [0.05, 0.1) is 21.3 Å². The highest BCUT2D eigenvalue weighted by atomic mass is 35.5. The Bertz CT molecular complexity index is 472. The van der Waals surface area contributed by atoms with E-state index in [-0.39, 0.29) is 18.4 Å². The van der Waals surface area contributed by atoms with Crippen LogP contribution in [-0.4, -0.2) is 44.9 Å². The third-order valence-electron chi connectivity index (χ3n) is 4.38. The van der Waals surface area contributed by atoms with Crippen LogP contribution in [0.4, 0.5) is 0 Å². The first-order valence-electron chi connectivity index (χ1n) is 7.89. The Morgan fingerprint density at radius 3 is 2.22 bits per heavy atom. The van der Waals surface area contributed by atoms with Gasteiger partial charge in [0, 0.05) is 18.6 Å². The lowest BCUT2D eigenvalue weighted by Crippen LogP contribution is -2.48. The topological polar surface area (TPSA) is 57.0 Å². The van der Waals surface area contributed by atoms with Crippen LogP contribution in [0.5, 0.6) is 17.2 Å². The van der Waals surface area contributed by atoms with Gasteiger partial charge in [-0.15, -0.1) is 12.4 Å². The van der Waals surface area contributed by atoms with Gasteiger partial charge in [-0.25, -0.2) is 0 Å². The number of ether oxygens (including phenoxy) is 3. The molecule has 0 aliphatic carbocycles. The third-order valence-corrected chi connectivity index (χ3v) is 4.38. The molecule has 1 saturated heterocycles. The first kappa shape index (κ1) is 19.9. The summed E-state index contributed by atoms with van der Waals surface area (Å²) in [6.45, 7) is 4.03. The van der Waals surface area contributed by atoms with E-state index in [9.17, 15) is 0 Å². The van der Waals surface area contributed by atoms with Crippen molar-refractivity contribution in [3.63, 3.8) is 0 Å². The third kappa shape index (κ3) is 4.66. The van der Waals surface area contributed by atoms with E-state index in [0.29, 0.717) is 23.3 Å². The Labute approximate surface area is 145 Å². The number of benzene rings is 1. The van der Waals surface area contributed by atoms with Crippen molar-refractivity contribution in [3.05, 3.63) is 17.7 Å². The summed E-state index contributed by atoms with van der Waals surface area (Å²) in [6, 6.07) is 4.66. The predicted molar refractivity (Wildman–Crippen MR) is 95.0 cm³/mol. The summed E-state index contributed by atoms with van der Waals surface area (Å²) in [6.07, 6.45) is 3.66. The molecule has 0 bridgehead atoms. The molecule has 2 rings (SSSR count). The standard InChI is InChI=1S/C17H28N2O3.ClH/c1-12(18)14-7-5-6-8-19(14)11-13-9-15(20-2)17(22-4)16(10-13)21-3;/h9-10,12,14H,5-8,11,18H2,1-4H3;1H. The minimum absolute atomic E-state index is 0. The predicted octanol–water partition coefficient (Wildman–Crippen LogP) is 2.84. The van der Waals surface area contributed by atoms with Gasteiger partial charge in [0.25, 0.3) is 0 Å². The Hall–Kier alpha value is -1.17. The van der Waals surface area contributed by atoms with Crippen molar-refractivity contribution in [1.82, 2.24) is 4.90 Å². The van der Waals surface area contributed by atoms with Crippen molar-refractivity contribution < 1.29 is 14.2 Å².